The van der Waals surface area contributed by atoms with Crippen LogP contribution in [0.2, 0.25) is 0 Å². The standard InChI is InChI=1S/C33H43BrN2S2/c1-4-6-8-10-12-14-16-27-28(17-15-13-11-9-7-5-2)36-33-26(30-22-23-31(34)38-30)20-19-25(32(33)35-27)29-21-18-24(3)37-29/h18-23H,4-17H2,1-3H3. The van der Waals surface area contributed by atoms with Crippen molar-refractivity contribution in [2.45, 2.75) is 111 Å². The summed E-state index contributed by atoms with van der Waals surface area (Å²) in [5, 5.41) is 0. The average Bonchev–Trinajstić information content (AvgIpc) is 3.55. The lowest BCUT2D eigenvalue weighted by atomic mass is 10.0. The minimum Gasteiger partial charge on any atom is -0.249 e. The number of nitrogens with zero attached hydrogens (tertiary/aromatic N) is 2. The highest BCUT2D eigenvalue weighted by Gasteiger charge is 2.18. The van der Waals surface area contributed by atoms with Gasteiger partial charge in [0.05, 0.1) is 26.2 Å². The van der Waals surface area contributed by atoms with E-state index in [9.17, 15) is 0 Å². The van der Waals surface area contributed by atoms with E-state index in [0.29, 0.717) is 0 Å². The Hall–Kier alpha value is -1.56. The zero-order valence-corrected chi connectivity index (χ0v) is 26.7. The van der Waals surface area contributed by atoms with E-state index < -0.39 is 0 Å². The van der Waals surface area contributed by atoms with Gasteiger partial charge in [-0.2, -0.15) is 0 Å². The second kappa shape index (κ2) is 15.3. The quantitative estimate of drug-likeness (QED) is 0.118. The van der Waals surface area contributed by atoms with Crippen LogP contribution in [0.25, 0.3) is 31.9 Å². The molecule has 0 amide bonds. The van der Waals surface area contributed by atoms with Crippen molar-refractivity contribution in [1.29, 1.82) is 0 Å². The summed E-state index contributed by atoms with van der Waals surface area (Å²) < 4.78 is 1.15. The highest BCUT2D eigenvalue weighted by Crippen LogP contribution is 2.40. The molecule has 4 rings (SSSR count). The van der Waals surface area contributed by atoms with E-state index in [2.05, 4.69) is 73.1 Å². The Bertz CT molecular complexity index is 1190. The van der Waals surface area contributed by atoms with Gasteiger partial charge in [-0.15, -0.1) is 22.7 Å². The van der Waals surface area contributed by atoms with Crippen LogP contribution in [-0.2, 0) is 12.8 Å². The maximum absolute atomic E-state index is 5.45. The molecule has 4 aromatic rings. The first-order valence-corrected chi connectivity index (χ1v) is 17.2. The first kappa shape index (κ1) is 29.4. The molecule has 204 valence electrons. The fourth-order valence-corrected chi connectivity index (χ4v) is 7.49. The van der Waals surface area contributed by atoms with Crippen LogP contribution in [0, 0.1) is 6.92 Å². The largest absolute Gasteiger partial charge is 0.249 e. The number of unbranched alkanes of at least 4 members (excludes halogenated alkanes) is 10. The van der Waals surface area contributed by atoms with Crippen LogP contribution in [0.3, 0.4) is 0 Å². The molecular weight excluding hydrogens is 568 g/mol. The number of hydrogen-bond acceptors (Lipinski definition) is 4. The van der Waals surface area contributed by atoms with Crippen LogP contribution in [0.5, 0.6) is 0 Å². The molecule has 0 fully saturated rings. The van der Waals surface area contributed by atoms with Crippen LogP contribution in [0.1, 0.15) is 107 Å². The first-order valence-electron chi connectivity index (χ1n) is 14.8. The molecular formula is C33H43BrN2S2. The van der Waals surface area contributed by atoms with Crippen molar-refractivity contribution in [2.24, 2.45) is 0 Å². The summed E-state index contributed by atoms with van der Waals surface area (Å²) in [6, 6.07) is 13.3. The van der Waals surface area contributed by atoms with E-state index in [0.717, 1.165) is 27.7 Å². The normalized spacial score (nSPS) is 11.6. The van der Waals surface area contributed by atoms with Crippen molar-refractivity contribution in [2.75, 3.05) is 0 Å². The molecule has 3 aromatic heterocycles. The number of benzene rings is 1. The van der Waals surface area contributed by atoms with Crippen molar-refractivity contribution >= 4 is 49.6 Å². The number of aromatic nitrogens is 2. The lowest BCUT2D eigenvalue weighted by Gasteiger charge is -2.14. The Morgan fingerprint density at radius 1 is 0.579 bits per heavy atom. The molecule has 0 aliphatic rings. The maximum atomic E-state index is 5.45. The molecule has 0 aliphatic carbocycles. The lowest BCUT2D eigenvalue weighted by molar-refractivity contribution is 0.593. The highest BCUT2D eigenvalue weighted by molar-refractivity contribution is 9.11. The zero-order chi connectivity index (χ0) is 26.7. The molecule has 0 saturated heterocycles. The van der Waals surface area contributed by atoms with Gasteiger partial charge in [-0.3, -0.25) is 0 Å². The van der Waals surface area contributed by atoms with Gasteiger partial charge in [-0.05, 0) is 72.8 Å². The van der Waals surface area contributed by atoms with Gasteiger partial charge >= 0.3 is 0 Å². The van der Waals surface area contributed by atoms with Gasteiger partial charge in [-0.1, -0.05) is 90.2 Å². The average molecular weight is 612 g/mol. The van der Waals surface area contributed by atoms with Gasteiger partial charge in [0.25, 0.3) is 0 Å². The molecule has 0 spiro atoms. The summed E-state index contributed by atoms with van der Waals surface area (Å²) in [6.45, 7) is 6.76. The molecule has 38 heavy (non-hydrogen) atoms. The number of hydrogen-bond donors (Lipinski definition) is 0. The predicted molar refractivity (Wildman–Crippen MR) is 173 cm³/mol. The number of halogens is 1. The smallest absolute Gasteiger partial charge is 0.0983 e. The van der Waals surface area contributed by atoms with Gasteiger partial charge in [0.2, 0.25) is 0 Å². The molecule has 0 bridgehead atoms. The molecule has 0 saturated carbocycles. The summed E-state index contributed by atoms with van der Waals surface area (Å²) >= 11 is 7.29. The Morgan fingerprint density at radius 3 is 1.50 bits per heavy atom. The SMILES string of the molecule is CCCCCCCCc1nc2c(-c3ccc(C)s3)ccc(-c3ccc(Br)s3)c2nc1CCCCCCCC. The third-order valence-corrected chi connectivity index (χ3v) is 10.0. The summed E-state index contributed by atoms with van der Waals surface area (Å²) in [4.78, 5) is 14.8. The van der Waals surface area contributed by atoms with Gasteiger partial charge in [-0.25, -0.2) is 9.97 Å². The minimum absolute atomic E-state index is 1.04. The summed E-state index contributed by atoms with van der Waals surface area (Å²) in [5.74, 6) is 0. The van der Waals surface area contributed by atoms with Crippen molar-refractivity contribution in [1.82, 2.24) is 9.97 Å². The molecule has 0 N–H and O–H groups in total. The van der Waals surface area contributed by atoms with E-state index >= 15 is 0 Å². The molecule has 1 aromatic carbocycles. The number of rotatable bonds is 16. The third-order valence-electron chi connectivity index (χ3n) is 7.36. The van der Waals surface area contributed by atoms with Crippen molar-refractivity contribution in [3.63, 3.8) is 0 Å². The molecule has 3 heterocycles. The van der Waals surface area contributed by atoms with Crippen LogP contribution < -0.4 is 0 Å². The minimum atomic E-state index is 1.04. The van der Waals surface area contributed by atoms with E-state index in [1.165, 1.54) is 114 Å². The molecule has 0 aliphatic heterocycles. The fraction of sp³-hybridized carbons (Fsp3) is 0.515. The second-order valence-electron chi connectivity index (χ2n) is 10.5. The second-order valence-corrected chi connectivity index (χ2v) is 14.3. The first-order chi connectivity index (χ1) is 18.6. The van der Waals surface area contributed by atoms with Crippen LogP contribution in [0.4, 0.5) is 0 Å². The summed E-state index contributed by atoms with van der Waals surface area (Å²) in [5.41, 5.74) is 7.03. The lowest BCUT2D eigenvalue weighted by Crippen LogP contribution is -2.05. The van der Waals surface area contributed by atoms with Crippen molar-refractivity contribution in [3.05, 3.63) is 56.4 Å². The molecule has 5 heteroatoms. The Balaban J connectivity index is 1.70. The predicted octanol–water partition coefficient (Wildman–Crippen LogP) is 12.0. The Labute approximate surface area is 246 Å². The van der Waals surface area contributed by atoms with Crippen molar-refractivity contribution in [3.8, 4) is 20.9 Å². The number of thiophene rings is 2. The molecule has 2 nitrogen and oxygen atoms in total. The van der Waals surface area contributed by atoms with Gasteiger partial charge in [0.15, 0.2) is 0 Å². The van der Waals surface area contributed by atoms with Crippen LogP contribution in [-0.4, -0.2) is 9.97 Å². The van der Waals surface area contributed by atoms with Gasteiger partial charge in [0.1, 0.15) is 0 Å². The zero-order valence-electron chi connectivity index (χ0n) is 23.5. The van der Waals surface area contributed by atoms with Gasteiger partial charge < -0.3 is 0 Å². The fourth-order valence-electron chi connectivity index (χ4n) is 5.19. The third kappa shape index (κ3) is 7.99. The molecule has 0 atom stereocenters. The number of fused-ring (bicyclic) bond motifs is 1. The van der Waals surface area contributed by atoms with E-state index in [-0.39, 0.29) is 0 Å². The van der Waals surface area contributed by atoms with Gasteiger partial charge in [0, 0.05) is 25.8 Å². The van der Waals surface area contributed by atoms with Crippen LogP contribution in [0.15, 0.2) is 40.2 Å². The summed E-state index contributed by atoms with van der Waals surface area (Å²) in [7, 11) is 0. The Morgan fingerprint density at radius 2 is 1.05 bits per heavy atom. The Kier molecular flexibility index (Phi) is 11.8. The summed E-state index contributed by atoms with van der Waals surface area (Å²) in [6.07, 6.45) is 17.7. The van der Waals surface area contributed by atoms with E-state index in [4.69, 9.17) is 9.97 Å². The molecule has 0 unspecified atom stereocenters. The highest BCUT2D eigenvalue weighted by atomic mass is 79.9. The maximum Gasteiger partial charge on any atom is 0.0983 e. The number of aryl methyl sites for hydroxylation is 3. The molecule has 0 radical (unpaired) electrons. The van der Waals surface area contributed by atoms with E-state index in [1.54, 1.807) is 11.3 Å². The van der Waals surface area contributed by atoms with Crippen LogP contribution >= 0.6 is 38.6 Å². The topological polar surface area (TPSA) is 25.8 Å². The monoisotopic (exact) mass is 610 g/mol. The van der Waals surface area contributed by atoms with E-state index in [1.807, 2.05) is 11.3 Å². The van der Waals surface area contributed by atoms with Crippen molar-refractivity contribution < 1.29 is 0 Å².